The third kappa shape index (κ3) is 4.43. The maximum atomic E-state index is 13.9. The molecular weight excluding hydrogens is 516 g/mol. The van der Waals surface area contributed by atoms with Crippen LogP contribution in [-0.4, -0.2) is 35.3 Å². The summed E-state index contributed by atoms with van der Waals surface area (Å²) in [6, 6.07) is 21.0. The third-order valence-corrected chi connectivity index (χ3v) is 7.19. The second-order valence-electron chi connectivity index (χ2n) is 8.39. The number of benzene rings is 3. The topological polar surface area (TPSA) is 59.3 Å². The third-order valence-electron chi connectivity index (χ3n) is 6.20. The van der Waals surface area contributed by atoms with Gasteiger partial charge in [0.1, 0.15) is 0 Å². The molecule has 2 heterocycles. The van der Waals surface area contributed by atoms with E-state index in [-0.39, 0.29) is 17.8 Å². The van der Waals surface area contributed by atoms with Crippen LogP contribution in [-0.2, 0) is 13.1 Å². The summed E-state index contributed by atoms with van der Waals surface area (Å²) in [6.07, 6.45) is 0. The van der Waals surface area contributed by atoms with Gasteiger partial charge in [-0.15, -0.1) is 0 Å². The van der Waals surface area contributed by atoms with E-state index in [9.17, 15) is 9.59 Å². The fourth-order valence-corrected chi connectivity index (χ4v) is 5.11. The summed E-state index contributed by atoms with van der Waals surface area (Å²) in [5.41, 5.74) is 2.52. The van der Waals surface area contributed by atoms with Crippen LogP contribution in [0.25, 0.3) is 10.9 Å². The first-order valence-electron chi connectivity index (χ1n) is 11.2. The van der Waals surface area contributed by atoms with E-state index >= 15 is 0 Å². The molecule has 34 heavy (non-hydrogen) atoms. The van der Waals surface area contributed by atoms with Crippen molar-refractivity contribution in [2.45, 2.75) is 13.1 Å². The molecule has 3 aromatic carbocycles. The number of anilines is 1. The monoisotopic (exact) mass is 538 g/mol. The zero-order valence-electron chi connectivity index (χ0n) is 18.5. The maximum Gasteiger partial charge on any atom is 0.332 e. The lowest BCUT2D eigenvalue weighted by atomic mass is 10.1. The van der Waals surface area contributed by atoms with Crippen molar-refractivity contribution >= 4 is 44.1 Å². The average Bonchev–Trinajstić information content (AvgIpc) is 2.86. The van der Waals surface area contributed by atoms with E-state index in [2.05, 4.69) is 26.1 Å². The van der Waals surface area contributed by atoms with Gasteiger partial charge in [-0.25, -0.2) is 4.79 Å². The van der Waals surface area contributed by atoms with Gasteiger partial charge in [-0.1, -0.05) is 76.1 Å². The number of rotatable bonds is 5. The molecule has 1 aliphatic heterocycles. The van der Waals surface area contributed by atoms with Crippen molar-refractivity contribution < 1.29 is 0 Å². The molecule has 174 valence electrons. The van der Waals surface area contributed by atoms with Crippen LogP contribution in [0.5, 0.6) is 0 Å². The molecule has 0 spiro atoms. The lowest BCUT2D eigenvalue weighted by molar-refractivity contribution is 0.589. The number of halogens is 2. The van der Waals surface area contributed by atoms with Crippen molar-refractivity contribution in [2.24, 2.45) is 0 Å². The molecule has 5 rings (SSSR count). The van der Waals surface area contributed by atoms with E-state index in [1.807, 2.05) is 60.7 Å². The molecule has 0 atom stereocenters. The zero-order chi connectivity index (χ0) is 23.7. The quantitative estimate of drug-likeness (QED) is 0.415. The van der Waals surface area contributed by atoms with Crippen LogP contribution in [0.3, 0.4) is 0 Å². The van der Waals surface area contributed by atoms with Crippen molar-refractivity contribution in [3.05, 3.63) is 108 Å². The van der Waals surface area contributed by atoms with Gasteiger partial charge in [0.15, 0.2) is 0 Å². The minimum absolute atomic E-state index is 0.174. The summed E-state index contributed by atoms with van der Waals surface area (Å²) in [4.78, 5) is 29.8. The molecule has 0 amide bonds. The Hall–Kier alpha value is -2.87. The molecule has 0 unspecified atom stereocenters. The van der Waals surface area contributed by atoms with Crippen LogP contribution in [0.15, 0.2) is 80.8 Å². The van der Waals surface area contributed by atoms with Crippen molar-refractivity contribution in [2.75, 3.05) is 31.1 Å². The number of nitrogens with zero attached hydrogens (tertiary/aromatic N) is 3. The largest absolute Gasteiger partial charge is 0.368 e. The van der Waals surface area contributed by atoms with Gasteiger partial charge in [-0.05, 0) is 29.3 Å². The smallest absolute Gasteiger partial charge is 0.332 e. The number of hydrogen-bond acceptors (Lipinski definition) is 4. The number of piperazine rings is 1. The first-order chi connectivity index (χ1) is 16.5. The molecule has 0 bridgehead atoms. The molecule has 4 aromatic rings. The highest BCUT2D eigenvalue weighted by atomic mass is 79.9. The van der Waals surface area contributed by atoms with E-state index in [4.69, 9.17) is 11.6 Å². The van der Waals surface area contributed by atoms with E-state index < -0.39 is 0 Å². The summed E-state index contributed by atoms with van der Waals surface area (Å²) >= 11 is 10.1. The molecule has 0 radical (unpaired) electrons. The summed E-state index contributed by atoms with van der Waals surface area (Å²) in [7, 11) is 0. The van der Waals surface area contributed by atoms with Crippen molar-refractivity contribution in [3.63, 3.8) is 0 Å². The number of aromatic nitrogens is 2. The zero-order valence-corrected chi connectivity index (χ0v) is 20.8. The number of nitrogens with one attached hydrogen (secondary N) is 1. The van der Waals surface area contributed by atoms with Gasteiger partial charge >= 0.3 is 5.69 Å². The van der Waals surface area contributed by atoms with Gasteiger partial charge in [0.05, 0.1) is 29.7 Å². The Bertz CT molecular complexity index is 1460. The molecule has 0 saturated carbocycles. The van der Waals surface area contributed by atoms with Gasteiger partial charge in [0.25, 0.3) is 5.56 Å². The van der Waals surface area contributed by atoms with Crippen LogP contribution < -0.4 is 21.5 Å². The lowest BCUT2D eigenvalue weighted by Gasteiger charge is -2.31. The van der Waals surface area contributed by atoms with E-state index in [0.29, 0.717) is 22.5 Å². The number of fused-ring (bicyclic) bond motifs is 1. The molecule has 8 heteroatoms. The van der Waals surface area contributed by atoms with E-state index in [1.54, 1.807) is 10.6 Å². The van der Waals surface area contributed by atoms with Crippen LogP contribution >= 0.6 is 27.5 Å². The van der Waals surface area contributed by atoms with E-state index in [1.165, 1.54) is 4.57 Å². The second kappa shape index (κ2) is 9.78. The first kappa shape index (κ1) is 22.9. The molecule has 1 saturated heterocycles. The summed E-state index contributed by atoms with van der Waals surface area (Å²) in [5.74, 6) is 0. The predicted molar refractivity (Wildman–Crippen MR) is 141 cm³/mol. The minimum atomic E-state index is -0.356. The molecule has 1 fully saturated rings. The normalized spacial score (nSPS) is 14.0. The van der Waals surface area contributed by atoms with Crippen molar-refractivity contribution in [1.82, 2.24) is 14.5 Å². The molecule has 6 nitrogen and oxygen atoms in total. The Balaban J connectivity index is 1.79. The second-order valence-corrected chi connectivity index (χ2v) is 9.68. The Morgan fingerprint density at radius 1 is 0.882 bits per heavy atom. The number of hydrogen-bond donors (Lipinski definition) is 1. The Morgan fingerprint density at radius 2 is 1.59 bits per heavy atom. The van der Waals surface area contributed by atoms with Gasteiger partial charge < -0.3 is 10.2 Å². The predicted octanol–water partition coefficient (Wildman–Crippen LogP) is 4.09. The van der Waals surface area contributed by atoms with Gasteiger partial charge in [-0.2, -0.15) is 0 Å². The minimum Gasteiger partial charge on any atom is -0.368 e. The summed E-state index contributed by atoms with van der Waals surface area (Å²) in [5, 5.41) is 4.37. The SMILES string of the molecule is O=c1c2c(N3CCNCC3)cc(Cl)cc2n(Cc2ccccc2)c(=O)n1Cc1ccccc1Br. The lowest BCUT2D eigenvalue weighted by Crippen LogP contribution is -2.45. The fraction of sp³-hybridized carbons (Fsp3) is 0.231. The highest BCUT2D eigenvalue weighted by Crippen LogP contribution is 2.29. The Labute approximate surface area is 210 Å². The highest BCUT2D eigenvalue weighted by molar-refractivity contribution is 9.10. The molecular formula is C26H24BrClN4O2. The Morgan fingerprint density at radius 3 is 2.32 bits per heavy atom. The molecule has 0 aliphatic carbocycles. The average molecular weight is 540 g/mol. The first-order valence-corrected chi connectivity index (χ1v) is 12.4. The molecule has 1 N–H and O–H groups in total. The van der Waals surface area contributed by atoms with Gasteiger partial charge in [0.2, 0.25) is 0 Å². The van der Waals surface area contributed by atoms with Gasteiger partial charge in [-0.3, -0.25) is 13.9 Å². The van der Waals surface area contributed by atoms with Gasteiger partial charge in [0, 0.05) is 35.7 Å². The molecule has 1 aliphatic rings. The standard InChI is InChI=1S/C26H24BrClN4O2/c27-21-9-5-4-8-19(21)17-32-25(33)24-22(30-12-10-29-11-13-30)14-20(28)15-23(24)31(26(32)34)16-18-6-2-1-3-7-18/h1-9,14-15,29H,10-13,16-17H2. The maximum absolute atomic E-state index is 13.9. The highest BCUT2D eigenvalue weighted by Gasteiger charge is 2.22. The van der Waals surface area contributed by atoms with Crippen LogP contribution in [0, 0.1) is 0 Å². The van der Waals surface area contributed by atoms with Crippen LogP contribution in [0.2, 0.25) is 5.02 Å². The molecule has 1 aromatic heterocycles. The summed E-state index contributed by atoms with van der Waals surface area (Å²) < 4.78 is 3.86. The van der Waals surface area contributed by atoms with Crippen LogP contribution in [0.1, 0.15) is 11.1 Å². The van der Waals surface area contributed by atoms with Crippen molar-refractivity contribution in [3.8, 4) is 0 Å². The van der Waals surface area contributed by atoms with E-state index in [0.717, 1.165) is 47.5 Å². The Kier molecular flexibility index (Phi) is 6.59. The summed E-state index contributed by atoms with van der Waals surface area (Å²) in [6.45, 7) is 3.68. The van der Waals surface area contributed by atoms with Crippen LogP contribution in [0.4, 0.5) is 5.69 Å². The fourth-order valence-electron chi connectivity index (χ4n) is 4.49. The van der Waals surface area contributed by atoms with Crippen molar-refractivity contribution in [1.29, 1.82) is 0 Å².